The van der Waals surface area contributed by atoms with Gasteiger partial charge in [-0.25, -0.2) is 0 Å². The van der Waals surface area contributed by atoms with Gasteiger partial charge in [0, 0.05) is 22.1 Å². The highest BCUT2D eigenvalue weighted by Gasteiger charge is 2.38. The Morgan fingerprint density at radius 3 is 1.70 bits per heavy atom. The molecule has 0 N–H and O–H groups in total. The van der Waals surface area contributed by atoms with Gasteiger partial charge in [0.1, 0.15) is 0 Å². The van der Waals surface area contributed by atoms with Crippen LogP contribution in [0, 0.1) is 0 Å². The van der Waals surface area contributed by atoms with E-state index in [1.807, 2.05) is 0 Å². The number of benzene rings is 9. The Kier molecular flexibility index (Phi) is 6.29. The zero-order valence-corrected chi connectivity index (χ0v) is 28.2. The molecule has 0 aromatic heterocycles. The van der Waals surface area contributed by atoms with E-state index in [9.17, 15) is 0 Å². The third-order valence-corrected chi connectivity index (χ3v) is 11.0. The highest BCUT2D eigenvalue weighted by atomic mass is 15.1. The van der Waals surface area contributed by atoms with Crippen LogP contribution in [0.5, 0.6) is 0 Å². The molecule has 9 aromatic carbocycles. The Bertz CT molecular complexity index is 2800. The number of fused-ring (bicyclic) bond motifs is 9. The first-order valence-electron chi connectivity index (χ1n) is 17.5. The molecule has 0 aliphatic heterocycles. The van der Waals surface area contributed by atoms with Crippen LogP contribution in [0.3, 0.4) is 0 Å². The lowest BCUT2D eigenvalue weighted by atomic mass is 9.82. The van der Waals surface area contributed by atoms with E-state index in [0.29, 0.717) is 0 Å². The number of anilines is 3. The van der Waals surface area contributed by atoms with Crippen molar-refractivity contribution < 1.29 is 0 Å². The fourth-order valence-corrected chi connectivity index (χ4v) is 8.65. The molecule has 0 heterocycles. The summed E-state index contributed by atoms with van der Waals surface area (Å²) < 4.78 is 0. The van der Waals surface area contributed by atoms with E-state index >= 15 is 0 Å². The number of hydrogen-bond acceptors (Lipinski definition) is 1. The molecular weight excluding hydrogens is 603 g/mol. The number of rotatable bonds is 4. The van der Waals surface area contributed by atoms with E-state index in [4.69, 9.17) is 0 Å². The summed E-state index contributed by atoms with van der Waals surface area (Å²) in [6.07, 6.45) is 0. The molecule has 0 saturated heterocycles. The van der Waals surface area contributed by atoms with Gasteiger partial charge >= 0.3 is 0 Å². The summed E-state index contributed by atoms with van der Waals surface area (Å²) in [5, 5.41) is 10.1. The summed E-state index contributed by atoms with van der Waals surface area (Å²) in [6.45, 7) is 4.73. The maximum absolute atomic E-state index is 2.53. The molecule has 0 bridgehead atoms. The smallest absolute Gasteiger partial charge is 0.0546 e. The molecule has 0 saturated carbocycles. The normalized spacial score (nSPS) is 13.2. The third-order valence-electron chi connectivity index (χ3n) is 11.0. The van der Waals surface area contributed by atoms with E-state index in [1.165, 1.54) is 87.8 Å². The van der Waals surface area contributed by atoms with Crippen LogP contribution in [0.2, 0.25) is 0 Å². The molecule has 1 nitrogen and oxygen atoms in total. The minimum Gasteiger partial charge on any atom is -0.309 e. The van der Waals surface area contributed by atoms with Crippen LogP contribution in [0.1, 0.15) is 25.0 Å². The van der Waals surface area contributed by atoms with Gasteiger partial charge < -0.3 is 4.90 Å². The van der Waals surface area contributed by atoms with Crippen molar-refractivity contribution in [2.45, 2.75) is 19.3 Å². The van der Waals surface area contributed by atoms with Crippen LogP contribution in [0.25, 0.3) is 65.3 Å². The maximum atomic E-state index is 2.53. The van der Waals surface area contributed by atoms with E-state index < -0.39 is 0 Å². The second kappa shape index (κ2) is 10.9. The zero-order valence-electron chi connectivity index (χ0n) is 28.2. The average molecular weight is 638 g/mol. The standard InChI is InChI=1S/C49H35N/c1-49(2)44-26-12-11-25-42(44)48-45(49)27-14-28-46(48)50(47-31-34-16-4-6-20-37(34)39-22-9-10-24-41(39)47)35-18-13-17-32(29-35)43-30-33-15-3-5-19-36(33)38-21-7-8-23-40(38)43/h3-31H,1-2H3. The third kappa shape index (κ3) is 4.20. The van der Waals surface area contributed by atoms with Crippen LogP contribution in [-0.2, 0) is 5.41 Å². The molecule has 10 rings (SSSR count). The topological polar surface area (TPSA) is 3.24 Å². The second-order valence-corrected chi connectivity index (χ2v) is 14.1. The van der Waals surface area contributed by atoms with Gasteiger partial charge in [-0.2, -0.15) is 0 Å². The maximum Gasteiger partial charge on any atom is 0.0546 e. The molecule has 1 aliphatic rings. The van der Waals surface area contributed by atoms with E-state index in [-0.39, 0.29) is 5.41 Å². The van der Waals surface area contributed by atoms with Crippen LogP contribution in [0.4, 0.5) is 17.1 Å². The molecule has 9 aromatic rings. The molecule has 1 aliphatic carbocycles. The van der Waals surface area contributed by atoms with Crippen LogP contribution in [0.15, 0.2) is 176 Å². The Labute approximate surface area is 292 Å². The first-order valence-corrected chi connectivity index (χ1v) is 17.5. The van der Waals surface area contributed by atoms with Gasteiger partial charge in [0.2, 0.25) is 0 Å². The molecule has 0 amide bonds. The average Bonchev–Trinajstić information content (AvgIpc) is 3.41. The second-order valence-electron chi connectivity index (χ2n) is 14.1. The Morgan fingerprint density at radius 1 is 0.380 bits per heavy atom. The summed E-state index contributed by atoms with van der Waals surface area (Å²) in [6, 6.07) is 65.0. The predicted octanol–water partition coefficient (Wildman–Crippen LogP) is 13.7. The fourth-order valence-electron chi connectivity index (χ4n) is 8.65. The largest absolute Gasteiger partial charge is 0.309 e. The Morgan fingerprint density at radius 2 is 0.940 bits per heavy atom. The SMILES string of the molecule is CC1(C)c2ccccc2-c2c(N(c3cccc(-c4cc5ccccc5c5ccccc45)c3)c3cc4ccccc4c4ccccc34)cccc21. The zero-order chi connectivity index (χ0) is 33.4. The van der Waals surface area contributed by atoms with Gasteiger partial charge in [-0.05, 0) is 95.9 Å². The Hall–Kier alpha value is -6.18. The molecular formula is C49H35N. The summed E-state index contributed by atoms with van der Waals surface area (Å²) >= 11 is 0. The molecule has 0 spiro atoms. The van der Waals surface area contributed by atoms with Gasteiger partial charge in [0.15, 0.2) is 0 Å². The minimum atomic E-state index is -0.106. The van der Waals surface area contributed by atoms with Gasteiger partial charge in [0.05, 0.1) is 11.4 Å². The summed E-state index contributed by atoms with van der Waals surface area (Å²) in [4.78, 5) is 2.53. The summed E-state index contributed by atoms with van der Waals surface area (Å²) in [5.74, 6) is 0. The van der Waals surface area contributed by atoms with Gasteiger partial charge in [-0.3, -0.25) is 0 Å². The number of hydrogen-bond donors (Lipinski definition) is 0. The summed E-state index contributed by atoms with van der Waals surface area (Å²) in [5.41, 5.74) is 11.2. The lowest BCUT2D eigenvalue weighted by Crippen LogP contribution is -2.16. The summed E-state index contributed by atoms with van der Waals surface area (Å²) in [7, 11) is 0. The van der Waals surface area contributed by atoms with Gasteiger partial charge in [-0.15, -0.1) is 0 Å². The predicted molar refractivity (Wildman–Crippen MR) is 214 cm³/mol. The lowest BCUT2D eigenvalue weighted by Gasteiger charge is -2.30. The number of nitrogens with zero attached hydrogens (tertiary/aromatic N) is 1. The molecule has 0 atom stereocenters. The van der Waals surface area contributed by atoms with E-state index in [1.54, 1.807) is 0 Å². The van der Waals surface area contributed by atoms with Crippen LogP contribution >= 0.6 is 0 Å². The van der Waals surface area contributed by atoms with Crippen molar-refractivity contribution in [3.63, 3.8) is 0 Å². The molecule has 0 unspecified atom stereocenters. The van der Waals surface area contributed by atoms with Crippen LogP contribution in [-0.4, -0.2) is 0 Å². The van der Waals surface area contributed by atoms with Gasteiger partial charge in [0.25, 0.3) is 0 Å². The van der Waals surface area contributed by atoms with Crippen LogP contribution < -0.4 is 4.90 Å². The van der Waals surface area contributed by atoms with Crippen molar-refractivity contribution in [3.8, 4) is 22.3 Å². The lowest BCUT2D eigenvalue weighted by molar-refractivity contribution is 0.660. The first kappa shape index (κ1) is 28.8. The van der Waals surface area contributed by atoms with Crippen molar-refractivity contribution in [1.29, 1.82) is 0 Å². The van der Waals surface area contributed by atoms with Crippen molar-refractivity contribution >= 4 is 60.2 Å². The van der Waals surface area contributed by atoms with Crippen molar-refractivity contribution in [2.24, 2.45) is 0 Å². The molecule has 1 heteroatoms. The van der Waals surface area contributed by atoms with Gasteiger partial charge in [-0.1, -0.05) is 159 Å². The fraction of sp³-hybridized carbons (Fsp3) is 0.0612. The quantitative estimate of drug-likeness (QED) is 0.174. The molecule has 0 fully saturated rings. The monoisotopic (exact) mass is 637 g/mol. The Balaban J connectivity index is 1.29. The van der Waals surface area contributed by atoms with E-state index in [0.717, 1.165) is 5.69 Å². The van der Waals surface area contributed by atoms with Crippen molar-refractivity contribution in [3.05, 3.63) is 187 Å². The first-order chi connectivity index (χ1) is 24.6. The minimum absolute atomic E-state index is 0.106. The van der Waals surface area contributed by atoms with Crippen molar-refractivity contribution in [1.82, 2.24) is 0 Å². The highest BCUT2D eigenvalue weighted by Crippen LogP contribution is 2.55. The van der Waals surface area contributed by atoms with E-state index in [2.05, 4.69) is 195 Å². The molecule has 236 valence electrons. The molecule has 50 heavy (non-hydrogen) atoms. The van der Waals surface area contributed by atoms with Crippen molar-refractivity contribution in [2.75, 3.05) is 4.90 Å². The molecule has 0 radical (unpaired) electrons. The highest BCUT2D eigenvalue weighted by molar-refractivity contribution is 6.16.